The molecule has 17 heavy (non-hydrogen) atoms. The first-order valence-electron chi connectivity index (χ1n) is 5.95. The summed E-state index contributed by atoms with van der Waals surface area (Å²) < 4.78 is 7.27. The Morgan fingerprint density at radius 3 is 2.71 bits per heavy atom. The fraction of sp³-hybridized carbons (Fsp3) is 0.667. The summed E-state index contributed by atoms with van der Waals surface area (Å²) in [5, 5.41) is 6.97. The minimum atomic E-state index is 0.0104. The van der Waals surface area contributed by atoms with Crippen LogP contribution in [0, 0.1) is 0 Å². The number of nitrogens with zero attached hydrogens (tertiary/aromatic N) is 2. The highest BCUT2D eigenvalue weighted by atomic mass is 16.5. The zero-order chi connectivity index (χ0) is 12.8. The first-order chi connectivity index (χ1) is 7.99. The Kier molecular flexibility index (Phi) is 5.00. The molecule has 0 radical (unpaired) electrons. The number of amides is 1. The fourth-order valence-electron chi connectivity index (χ4n) is 1.33. The van der Waals surface area contributed by atoms with Crippen molar-refractivity contribution in [1.29, 1.82) is 0 Å². The molecular weight excluding hydrogens is 218 g/mol. The van der Waals surface area contributed by atoms with Crippen molar-refractivity contribution in [2.24, 2.45) is 0 Å². The zero-order valence-corrected chi connectivity index (χ0v) is 10.9. The maximum Gasteiger partial charge on any atom is 0.223 e. The third kappa shape index (κ3) is 4.89. The smallest absolute Gasteiger partial charge is 0.223 e. The van der Waals surface area contributed by atoms with Crippen LogP contribution in [0.3, 0.4) is 0 Å². The summed E-state index contributed by atoms with van der Waals surface area (Å²) in [5.41, 5.74) is 0. The first-order valence-corrected chi connectivity index (χ1v) is 5.95. The molecule has 0 atom stereocenters. The van der Waals surface area contributed by atoms with E-state index in [0.29, 0.717) is 24.8 Å². The van der Waals surface area contributed by atoms with Gasteiger partial charge in [-0.2, -0.15) is 5.10 Å². The van der Waals surface area contributed by atoms with E-state index in [4.69, 9.17) is 4.74 Å². The van der Waals surface area contributed by atoms with Crippen LogP contribution in [0.1, 0.15) is 40.2 Å². The molecule has 0 fully saturated rings. The largest absolute Gasteiger partial charge is 0.490 e. The van der Waals surface area contributed by atoms with Crippen LogP contribution in [0.2, 0.25) is 0 Å². The molecular formula is C12H21N3O2. The number of aromatic nitrogens is 2. The lowest BCUT2D eigenvalue weighted by atomic mass is 10.3. The molecule has 0 aromatic carbocycles. The summed E-state index contributed by atoms with van der Waals surface area (Å²) >= 11 is 0. The number of hydrogen-bond acceptors (Lipinski definition) is 3. The second kappa shape index (κ2) is 6.27. The molecule has 5 heteroatoms. The van der Waals surface area contributed by atoms with Crippen molar-refractivity contribution >= 4 is 5.91 Å². The maximum absolute atomic E-state index is 11.3. The van der Waals surface area contributed by atoms with Gasteiger partial charge >= 0.3 is 0 Å². The monoisotopic (exact) mass is 239 g/mol. The SMILES string of the molecule is CC(C)NC(=O)CCOc1cnn(C(C)C)c1. The minimum absolute atomic E-state index is 0.0104. The van der Waals surface area contributed by atoms with Gasteiger partial charge in [-0.15, -0.1) is 0 Å². The van der Waals surface area contributed by atoms with Crippen LogP contribution >= 0.6 is 0 Å². The molecule has 0 saturated carbocycles. The Hall–Kier alpha value is -1.52. The Morgan fingerprint density at radius 2 is 2.18 bits per heavy atom. The van der Waals surface area contributed by atoms with Gasteiger partial charge in [-0.05, 0) is 27.7 Å². The third-order valence-corrected chi connectivity index (χ3v) is 2.15. The molecule has 1 heterocycles. The van der Waals surface area contributed by atoms with Gasteiger partial charge in [0.05, 0.1) is 25.4 Å². The average molecular weight is 239 g/mol. The average Bonchev–Trinajstić information content (AvgIpc) is 2.65. The molecule has 0 unspecified atom stereocenters. The summed E-state index contributed by atoms with van der Waals surface area (Å²) in [6.45, 7) is 8.35. The lowest BCUT2D eigenvalue weighted by molar-refractivity contribution is -0.122. The molecule has 0 saturated heterocycles. The van der Waals surface area contributed by atoms with E-state index in [-0.39, 0.29) is 11.9 Å². The van der Waals surface area contributed by atoms with Gasteiger partial charge in [-0.3, -0.25) is 9.48 Å². The van der Waals surface area contributed by atoms with Crippen LogP contribution in [0.5, 0.6) is 5.75 Å². The van der Waals surface area contributed by atoms with Crippen LogP contribution < -0.4 is 10.1 Å². The van der Waals surface area contributed by atoms with Crippen LogP contribution in [-0.2, 0) is 4.79 Å². The molecule has 0 aliphatic carbocycles. The quantitative estimate of drug-likeness (QED) is 0.823. The van der Waals surface area contributed by atoms with Crippen molar-refractivity contribution in [2.75, 3.05) is 6.61 Å². The number of carbonyl (C=O) groups is 1. The number of carbonyl (C=O) groups excluding carboxylic acids is 1. The highest BCUT2D eigenvalue weighted by Gasteiger charge is 2.05. The van der Waals surface area contributed by atoms with E-state index in [0.717, 1.165) is 0 Å². The first kappa shape index (κ1) is 13.5. The molecule has 96 valence electrons. The molecule has 0 bridgehead atoms. The van der Waals surface area contributed by atoms with Crippen molar-refractivity contribution in [1.82, 2.24) is 15.1 Å². The fourth-order valence-corrected chi connectivity index (χ4v) is 1.33. The van der Waals surface area contributed by atoms with Crippen LogP contribution in [0.15, 0.2) is 12.4 Å². The maximum atomic E-state index is 11.3. The second-order valence-electron chi connectivity index (χ2n) is 4.57. The van der Waals surface area contributed by atoms with Crippen molar-refractivity contribution in [3.63, 3.8) is 0 Å². The normalized spacial score (nSPS) is 10.9. The van der Waals surface area contributed by atoms with Gasteiger partial charge in [0.1, 0.15) is 0 Å². The molecule has 0 aliphatic rings. The van der Waals surface area contributed by atoms with Gasteiger partial charge < -0.3 is 10.1 Å². The van der Waals surface area contributed by atoms with Gasteiger partial charge in [0.15, 0.2) is 5.75 Å². The summed E-state index contributed by atoms with van der Waals surface area (Å²) in [4.78, 5) is 11.3. The van der Waals surface area contributed by atoms with Crippen LogP contribution in [0.25, 0.3) is 0 Å². The Bertz CT molecular complexity index is 358. The van der Waals surface area contributed by atoms with Gasteiger partial charge in [0.25, 0.3) is 0 Å². The molecule has 0 spiro atoms. The van der Waals surface area contributed by atoms with Gasteiger partial charge in [0.2, 0.25) is 5.91 Å². The molecule has 1 rings (SSSR count). The number of ether oxygens (including phenoxy) is 1. The summed E-state index contributed by atoms with van der Waals surface area (Å²) in [5.74, 6) is 0.715. The second-order valence-corrected chi connectivity index (χ2v) is 4.57. The summed E-state index contributed by atoms with van der Waals surface area (Å²) in [6, 6.07) is 0.489. The number of hydrogen-bond donors (Lipinski definition) is 1. The zero-order valence-electron chi connectivity index (χ0n) is 10.9. The molecule has 1 aromatic rings. The van der Waals surface area contributed by atoms with Crippen molar-refractivity contribution in [3.8, 4) is 5.75 Å². The standard InChI is InChI=1S/C12H21N3O2/c1-9(2)14-12(16)5-6-17-11-7-13-15(8-11)10(3)4/h7-10H,5-6H2,1-4H3,(H,14,16). The van der Waals surface area contributed by atoms with E-state index in [2.05, 4.69) is 10.4 Å². The van der Waals surface area contributed by atoms with Crippen LogP contribution in [-0.4, -0.2) is 28.3 Å². The van der Waals surface area contributed by atoms with E-state index in [1.165, 1.54) is 0 Å². The van der Waals surface area contributed by atoms with E-state index < -0.39 is 0 Å². The Balaban J connectivity index is 2.28. The van der Waals surface area contributed by atoms with E-state index in [1.54, 1.807) is 6.20 Å². The van der Waals surface area contributed by atoms with Crippen molar-refractivity contribution < 1.29 is 9.53 Å². The Labute approximate surface area is 102 Å². The minimum Gasteiger partial charge on any atom is -0.490 e. The van der Waals surface area contributed by atoms with Gasteiger partial charge in [-0.25, -0.2) is 0 Å². The molecule has 1 amide bonds. The van der Waals surface area contributed by atoms with Gasteiger partial charge in [0, 0.05) is 12.1 Å². The highest BCUT2D eigenvalue weighted by molar-refractivity contribution is 5.76. The Morgan fingerprint density at radius 1 is 1.47 bits per heavy atom. The predicted octanol–water partition coefficient (Wildman–Crippen LogP) is 1.76. The molecule has 0 aliphatic heterocycles. The highest BCUT2D eigenvalue weighted by Crippen LogP contribution is 2.12. The van der Waals surface area contributed by atoms with Crippen LogP contribution in [0.4, 0.5) is 0 Å². The molecule has 1 aromatic heterocycles. The van der Waals surface area contributed by atoms with E-state index in [9.17, 15) is 4.79 Å². The lowest BCUT2D eigenvalue weighted by Gasteiger charge is -2.08. The van der Waals surface area contributed by atoms with E-state index in [1.807, 2.05) is 38.6 Å². The predicted molar refractivity (Wildman–Crippen MR) is 66.0 cm³/mol. The summed E-state index contributed by atoms with van der Waals surface area (Å²) in [7, 11) is 0. The third-order valence-electron chi connectivity index (χ3n) is 2.15. The van der Waals surface area contributed by atoms with E-state index >= 15 is 0 Å². The topological polar surface area (TPSA) is 56.1 Å². The van der Waals surface area contributed by atoms with Gasteiger partial charge in [-0.1, -0.05) is 0 Å². The lowest BCUT2D eigenvalue weighted by Crippen LogP contribution is -2.31. The summed E-state index contributed by atoms with van der Waals surface area (Å²) in [6.07, 6.45) is 3.87. The number of nitrogens with one attached hydrogen (secondary N) is 1. The molecule has 5 nitrogen and oxygen atoms in total. The number of rotatable bonds is 6. The van der Waals surface area contributed by atoms with Crippen molar-refractivity contribution in [2.45, 2.75) is 46.2 Å². The van der Waals surface area contributed by atoms with Crippen molar-refractivity contribution in [3.05, 3.63) is 12.4 Å². The molecule has 1 N–H and O–H groups in total.